The first kappa shape index (κ1) is 12.5. The normalized spacial score (nSPS) is 16.6. The van der Waals surface area contributed by atoms with Gasteiger partial charge in [-0.1, -0.05) is 0 Å². The molecule has 0 radical (unpaired) electrons. The van der Waals surface area contributed by atoms with E-state index in [4.69, 9.17) is 10.00 Å². The molecule has 6 heteroatoms. The van der Waals surface area contributed by atoms with Gasteiger partial charge in [0.25, 0.3) is 0 Å². The van der Waals surface area contributed by atoms with E-state index in [1.165, 1.54) is 24.5 Å². The number of rotatable bonds is 2. The van der Waals surface area contributed by atoms with E-state index in [9.17, 15) is 9.50 Å². The molecule has 0 spiro atoms. The first-order valence-corrected chi connectivity index (χ1v) is 6.08. The molecule has 0 bridgehead atoms. The van der Waals surface area contributed by atoms with Gasteiger partial charge >= 0.3 is 0 Å². The van der Waals surface area contributed by atoms with Crippen molar-refractivity contribution in [1.29, 1.82) is 5.26 Å². The van der Waals surface area contributed by atoms with Gasteiger partial charge in [0.1, 0.15) is 24.0 Å². The lowest BCUT2D eigenvalue weighted by atomic mass is 10.2. The summed E-state index contributed by atoms with van der Waals surface area (Å²) in [6, 6.07) is 5.67. The summed E-state index contributed by atoms with van der Waals surface area (Å²) in [7, 11) is 0. The van der Waals surface area contributed by atoms with Crippen molar-refractivity contribution in [2.24, 2.45) is 0 Å². The number of hydrogen-bond donors (Lipinski definition) is 1. The van der Waals surface area contributed by atoms with E-state index >= 15 is 0 Å². The fourth-order valence-corrected chi connectivity index (χ4v) is 2.20. The van der Waals surface area contributed by atoms with Gasteiger partial charge in [0.05, 0.1) is 17.4 Å². The zero-order valence-electron chi connectivity index (χ0n) is 10.4. The van der Waals surface area contributed by atoms with Gasteiger partial charge in [-0.05, 0) is 25.0 Å². The van der Waals surface area contributed by atoms with Crippen LogP contribution >= 0.6 is 0 Å². The summed E-state index contributed by atoms with van der Waals surface area (Å²) in [6.07, 6.45) is 1.92. The first-order chi connectivity index (χ1) is 9.69. The van der Waals surface area contributed by atoms with Crippen molar-refractivity contribution in [3.63, 3.8) is 0 Å². The third-order valence-electron chi connectivity index (χ3n) is 3.20. The van der Waals surface area contributed by atoms with Crippen LogP contribution in [0.15, 0.2) is 24.5 Å². The number of halogens is 1. The Morgan fingerprint density at radius 3 is 3.05 bits per heavy atom. The largest absolute Gasteiger partial charge is 0.439 e. The van der Waals surface area contributed by atoms with Crippen molar-refractivity contribution in [1.82, 2.24) is 9.97 Å². The Balaban J connectivity index is 1.95. The molecular formula is C14H10FN3O2. The maximum Gasteiger partial charge on any atom is 0.225 e. The molecule has 0 amide bonds. The molecular weight excluding hydrogens is 261 g/mol. The Bertz CT molecular complexity index is 712. The summed E-state index contributed by atoms with van der Waals surface area (Å²) >= 11 is 0. The summed E-state index contributed by atoms with van der Waals surface area (Å²) < 4.78 is 18.8. The summed E-state index contributed by atoms with van der Waals surface area (Å²) in [6.45, 7) is 0. The summed E-state index contributed by atoms with van der Waals surface area (Å²) in [4.78, 5) is 8.07. The van der Waals surface area contributed by atoms with Crippen LogP contribution in [0.25, 0.3) is 0 Å². The van der Waals surface area contributed by atoms with Crippen LogP contribution in [0.2, 0.25) is 0 Å². The SMILES string of the molecule is N#Cc1cc(Oc2ncnc3c2CCC3O)ccc1F. The van der Waals surface area contributed by atoms with E-state index in [1.54, 1.807) is 6.07 Å². The Hall–Kier alpha value is -2.52. The predicted molar refractivity (Wildman–Crippen MR) is 66.5 cm³/mol. The van der Waals surface area contributed by atoms with Crippen LogP contribution < -0.4 is 4.74 Å². The van der Waals surface area contributed by atoms with E-state index in [2.05, 4.69) is 9.97 Å². The van der Waals surface area contributed by atoms with Gasteiger partial charge < -0.3 is 9.84 Å². The highest BCUT2D eigenvalue weighted by Gasteiger charge is 2.26. The molecule has 0 saturated heterocycles. The summed E-state index contributed by atoms with van der Waals surface area (Å²) in [5.74, 6) is 0.0653. The molecule has 1 heterocycles. The third-order valence-corrected chi connectivity index (χ3v) is 3.20. The Labute approximate surface area is 114 Å². The molecule has 1 atom stereocenters. The molecule has 2 aromatic rings. The summed E-state index contributed by atoms with van der Waals surface area (Å²) in [5, 5.41) is 18.5. The number of benzene rings is 1. The molecule has 1 aromatic heterocycles. The van der Waals surface area contributed by atoms with Crippen LogP contribution in [-0.4, -0.2) is 15.1 Å². The minimum absolute atomic E-state index is 0.0896. The van der Waals surface area contributed by atoms with E-state index in [-0.39, 0.29) is 5.56 Å². The standard InChI is InChI=1S/C14H10FN3O2/c15-11-3-1-9(5-8(11)6-16)20-14-10-2-4-12(19)13(10)17-7-18-14/h1,3,5,7,12,19H,2,4H2. The monoisotopic (exact) mass is 271 g/mol. The molecule has 0 aliphatic heterocycles. The number of ether oxygens (including phenoxy) is 1. The fraction of sp³-hybridized carbons (Fsp3) is 0.214. The average Bonchev–Trinajstić information content (AvgIpc) is 2.84. The Kier molecular flexibility index (Phi) is 3.05. The van der Waals surface area contributed by atoms with Gasteiger partial charge in [0.2, 0.25) is 5.88 Å². The van der Waals surface area contributed by atoms with Crippen molar-refractivity contribution in [3.8, 4) is 17.7 Å². The van der Waals surface area contributed by atoms with E-state index in [1.807, 2.05) is 0 Å². The highest BCUT2D eigenvalue weighted by Crippen LogP contribution is 2.35. The lowest BCUT2D eigenvalue weighted by molar-refractivity contribution is 0.175. The molecule has 1 aromatic carbocycles. The Morgan fingerprint density at radius 1 is 1.40 bits per heavy atom. The predicted octanol–water partition coefficient (Wildman–Crippen LogP) is 2.26. The van der Waals surface area contributed by atoms with Gasteiger partial charge in [0.15, 0.2) is 0 Å². The van der Waals surface area contributed by atoms with Gasteiger partial charge in [-0.2, -0.15) is 5.26 Å². The lowest BCUT2D eigenvalue weighted by Gasteiger charge is -2.09. The number of nitriles is 1. The van der Waals surface area contributed by atoms with E-state index in [0.29, 0.717) is 30.2 Å². The number of aliphatic hydroxyl groups excluding tert-OH is 1. The molecule has 1 aliphatic rings. The molecule has 0 saturated carbocycles. The highest BCUT2D eigenvalue weighted by atomic mass is 19.1. The molecule has 0 fully saturated rings. The van der Waals surface area contributed by atoms with E-state index < -0.39 is 11.9 Å². The minimum atomic E-state index is -0.599. The average molecular weight is 271 g/mol. The third kappa shape index (κ3) is 2.08. The smallest absolute Gasteiger partial charge is 0.225 e. The first-order valence-electron chi connectivity index (χ1n) is 6.08. The van der Waals surface area contributed by atoms with Gasteiger partial charge in [0, 0.05) is 11.6 Å². The second-order valence-electron chi connectivity index (χ2n) is 4.45. The molecule has 5 nitrogen and oxygen atoms in total. The van der Waals surface area contributed by atoms with Gasteiger partial charge in [-0.25, -0.2) is 14.4 Å². The van der Waals surface area contributed by atoms with Crippen LogP contribution in [0.1, 0.15) is 29.3 Å². The quantitative estimate of drug-likeness (QED) is 0.906. The van der Waals surface area contributed by atoms with Crippen molar-refractivity contribution in [2.75, 3.05) is 0 Å². The topological polar surface area (TPSA) is 79.0 Å². The molecule has 1 aliphatic carbocycles. The minimum Gasteiger partial charge on any atom is -0.439 e. The van der Waals surface area contributed by atoms with Gasteiger partial charge in [-0.3, -0.25) is 0 Å². The number of fused-ring (bicyclic) bond motifs is 1. The van der Waals surface area contributed by atoms with Crippen LogP contribution in [0.5, 0.6) is 11.6 Å². The number of nitrogens with zero attached hydrogens (tertiary/aromatic N) is 3. The fourth-order valence-electron chi connectivity index (χ4n) is 2.20. The zero-order chi connectivity index (χ0) is 14.1. The van der Waals surface area contributed by atoms with Crippen molar-refractivity contribution < 1.29 is 14.2 Å². The second kappa shape index (κ2) is 4.87. The maximum absolute atomic E-state index is 13.2. The second-order valence-corrected chi connectivity index (χ2v) is 4.45. The van der Waals surface area contributed by atoms with Crippen molar-refractivity contribution in [3.05, 3.63) is 47.2 Å². The van der Waals surface area contributed by atoms with Crippen LogP contribution in [-0.2, 0) is 6.42 Å². The van der Waals surface area contributed by atoms with Gasteiger partial charge in [-0.15, -0.1) is 0 Å². The molecule has 1 N–H and O–H groups in total. The van der Waals surface area contributed by atoms with Crippen LogP contribution in [0.3, 0.4) is 0 Å². The van der Waals surface area contributed by atoms with Crippen LogP contribution in [0.4, 0.5) is 4.39 Å². The lowest BCUT2D eigenvalue weighted by Crippen LogP contribution is -1.99. The molecule has 3 rings (SSSR count). The Morgan fingerprint density at radius 2 is 2.25 bits per heavy atom. The number of hydrogen-bond acceptors (Lipinski definition) is 5. The molecule has 20 heavy (non-hydrogen) atoms. The molecule has 100 valence electrons. The molecule has 1 unspecified atom stereocenters. The maximum atomic E-state index is 13.2. The number of aromatic nitrogens is 2. The van der Waals surface area contributed by atoms with E-state index in [0.717, 1.165) is 5.56 Å². The van der Waals surface area contributed by atoms with Crippen molar-refractivity contribution in [2.45, 2.75) is 18.9 Å². The highest BCUT2D eigenvalue weighted by molar-refractivity contribution is 5.42. The number of aliphatic hydroxyl groups is 1. The van der Waals surface area contributed by atoms with Crippen LogP contribution in [0, 0.1) is 17.1 Å². The zero-order valence-corrected chi connectivity index (χ0v) is 10.4. The van der Waals surface area contributed by atoms with Crippen molar-refractivity contribution >= 4 is 0 Å². The summed E-state index contributed by atoms with van der Waals surface area (Å²) in [5.41, 5.74) is 1.23.